The fourth-order valence-corrected chi connectivity index (χ4v) is 3.07. The van der Waals surface area contributed by atoms with Gasteiger partial charge in [-0.05, 0) is 38.2 Å². The van der Waals surface area contributed by atoms with Crippen LogP contribution < -0.4 is 16.2 Å². The highest BCUT2D eigenvalue weighted by molar-refractivity contribution is 7.80. The zero-order chi connectivity index (χ0) is 17.1. The van der Waals surface area contributed by atoms with E-state index in [-0.39, 0.29) is 18.5 Å². The first-order valence-electron chi connectivity index (χ1n) is 7.87. The number of hydrogen-bond acceptors (Lipinski definition) is 2. The largest absolute Gasteiger partial charge is 0.359 e. The van der Waals surface area contributed by atoms with E-state index in [0.717, 1.165) is 21.8 Å². The summed E-state index contributed by atoms with van der Waals surface area (Å²) in [6.07, 6.45) is 0. The topological polar surface area (TPSA) is 58.1 Å². The van der Waals surface area contributed by atoms with E-state index in [0.29, 0.717) is 5.11 Å². The average molecular weight is 340 g/mol. The Balaban J connectivity index is 1.81. The molecule has 0 saturated heterocycles. The van der Waals surface area contributed by atoms with Gasteiger partial charge in [-0.1, -0.05) is 36.4 Å². The summed E-state index contributed by atoms with van der Waals surface area (Å²) in [6.45, 7) is 4.17. The van der Waals surface area contributed by atoms with Gasteiger partial charge in [-0.25, -0.2) is 0 Å². The van der Waals surface area contributed by atoms with Crippen LogP contribution in [-0.2, 0) is 11.3 Å². The third-order valence-corrected chi connectivity index (χ3v) is 3.94. The first kappa shape index (κ1) is 16.3. The summed E-state index contributed by atoms with van der Waals surface area (Å²) in [5.74, 6) is -0.158. The van der Waals surface area contributed by atoms with Crippen LogP contribution in [0.3, 0.4) is 0 Å². The molecule has 0 aliphatic carbocycles. The van der Waals surface area contributed by atoms with Crippen molar-refractivity contribution in [2.75, 3.05) is 0 Å². The lowest BCUT2D eigenvalue weighted by Gasteiger charge is -2.14. The summed E-state index contributed by atoms with van der Waals surface area (Å²) >= 11 is 5.11. The van der Waals surface area contributed by atoms with E-state index in [1.54, 1.807) is 0 Å². The van der Waals surface area contributed by atoms with Crippen molar-refractivity contribution in [2.24, 2.45) is 0 Å². The Labute approximate surface area is 146 Å². The van der Waals surface area contributed by atoms with Crippen LogP contribution >= 0.6 is 12.2 Å². The minimum absolute atomic E-state index is 0.158. The Hall–Kier alpha value is -2.60. The first-order chi connectivity index (χ1) is 11.6. The minimum atomic E-state index is -0.158. The molecule has 0 aliphatic heterocycles. The highest BCUT2D eigenvalue weighted by Gasteiger charge is 2.12. The second kappa shape index (κ2) is 6.88. The van der Waals surface area contributed by atoms with Crippen LogP contribution in [-0.4, -0.2) is 21.6 Å². The minimum Gasteiger partial charge on any atom is -0.359 e. The number of nitrogens with zero attached hydrogens (tertiary/aromatic N) is 1. The van der Waals surface area contributed by atoms with E-state index < -0.39 is 0 Å². The van der Waals surface area contributed by atoms with Crippen LogP contribution in [0.15, 0.2) is 48.5 Å². The Bertz CT molecular complexity index is 847. The zero-order valence-corrected chi connectivity index (χ0v) is 14.5. The highest BCUT2D eigenvalue weighted by Crippen LogP contribution is 2.28. The number of nitrogens with one attached hydrogen (secondary N) is 3. The molecule has 0 aliphatic rings. The van der Waals surface area contributed by atoms with Crippen LogP contribution in [0.5, 0.6) is 0 Å². The van der Waals surface area contributed by atoms with E-state index in [1.807, 2.05) is 54.8 Å². The number of thiocarbonyl (C=S) groups is 1. The number of rotatable bonds is 3. The van der Waals surface area contributed by atoms with E-state index in [1.165, 1.54) is 0 Å². The third-order valence-electron chi connectivity index (χ3n) is 3.72. The molecule has 3 N–H and O–H groups in total. The van der Waals surface area contributed by atoms with Gasteiger partial charge in [0.2, 0.25) is 0 Å². The molecule has 1 aromatic heterocycles. The summed E-state index contributed by atoms with van der Waals surface area (Å²) in [5.41, 5.74) is 7.45. The molecule has 0 saturated carbocycles. The van der Waals surface area contributed by atoms with Gasteiger partial charge in [0.1, 0.15) is 6.54 Å². The van der Waals surface area contributed by atoms with Crippen LogP contribution in [0.4, 0.5) is 0 Å². The van der Waals surface area contributed by atoms with Crippen molar-refractivity contribution in [1.82, 2.24) is 20.7 Å². The van der Waals surface area contributed by atoms with Gasteiger partial charge in [-0.15, -0.1) is 0 Å². The van der Waals surface area contributed by atoms with Crippen LogP contribution in [0.2, 0.25) is 0 Å². The van der Waals surface area contributed by atoms with Gasteiger partial charge in [0.05, 0.1) is 0 Å². The standard InChI is InChI=1S/C18H20N4OS/c1-12(2)19-18(24)21-20-17(23)11-22-15-9-5-3-7-13(15)14-8-4-6-10-16(14)22/h3-10,12H,11H2,1-2H3,(H,20,23)(H2,19,21,24). The predicted octanol–water partition coefficient (Wildman–Crippen LogP) is 2.70. The molecule has 0 radical (unpaired) electrons. The lowest BCUT2D eigenvalue weighted by Crippen LogP contribution is -2.49. The maximum Gasteiger partial charge on any atom is 0.258 e. The monoisotopic (exact) mass is 340 g/mol. The summed E-state index contributed by atoms with van der Waals surface area (Å²) < 4.78 is 2.01. The normalized spacial score (nSPS) is 11.0. The lowest BCUT2D eigenvalue weighted by molar-refractivity contribution is -0.122. The molecule has 3 aromatic rings. The molecule has 0 unspecified atom stereocenters. The van der Waals surface area contributed by atoms with Gasteiger partial charge in [0.15, 0.2) is 5.11 Å². The van der Waals surface area contributed by atoms with Crippen molar-refractivity contribution in [3.05, 3.63) is 48.5 Å². The molecule has 3 rings (SSSR count). The van der Waals surface area contributed by atoms with Gasteiger partial charge in [0.25, 0.3) is 5.91 Å². The fourth-order valence-electron chi connectivity index (χ4n) is 2.78. The van der Waals surface area contributed by atoms with Crippen molar-refractivity contribution >= 4 is 45.0 Å². The van der Waals surface area contributed by atoms with Gasteiger partial charge in [-0.3, -0.25) is 15.6 Å². The van der Waals surface area contributed by atoms with E-state index in [9.17, 15) is 4.79 Å². The lowest BCUT2D eigenvalue weighted by atomic mass is 10.2. The third kappa shape index (κ3) is 3.33. The maximum atomic E-state index is 12.3. The predicted molar refractivity (Wildman–Crippen MR) is 102 cm³/mol. The van der Waals surface area contributed by atoms with Crippen molar-refractivity contribution in [1.29, 1.82) is 0 Å². The molecular weight excluding hydrogens is 320 g/mol. The molecular formula is C18H20N4OS. The molecule has 6 heteroatoms. The van der Waals surface area contributed by atoms with E-state index in [4.69, 9.17) is 12.2 Å². The molecule has 1 heterocycles. The van der Waals surface area contributed by atoms with Crippen molar-refractivity contribution < 1.29 is 4.79 Å². The number of carbonyl (C=O) groups is 1. The van der Waals surface area contributed by atoms with E-state index in [2.05, 4.69) is 28.3 Å². The highest BCUT2D eigenvalue weighted by atomic mass is 32.1. The number of para-hydroxylation sites is 2. The van der Waals surface area contributed by atoms with Crippen LogP contribution in [0.25, 0.3) is 21.8 Å². The number of fused-ring (bicyclic) bond motifs is 3. The number of amides is 1. The molecule has 0 atom stereocenters. The van der Waals surface area contributed by atoms with Crippen molar-refractivity contribution in [3.63, 3.8) is 0 Å². The first-order valence-corrected chi connectivity index (χ1v) is 8.28. The second-order valence-corrected chi connectivity index (χ2v) is 6.33. The smallest absolute Gasteiger partial charge is 0.258 e. The summed E-state index contributed by atoms with van der Waals surface area (Å²) in [6, 6.07) is 16.4. The van der Waals surface area contributed by atoms with Crippen LogP contribution in [0.1, 0.15) is 13.8 Å². The molecule has 0 spiro atoms. The van der Waals surface area contributed by atoms with E-state index >= 15 is 0 Å². The Morgan fingerprint density at radius 2 is 1.54 bits per heavy atom. The van der Waals surface area contributed by atoms with Gasteiger partial charge in [0, 0.05) is 27.8 Å². The molecule has 1 amide bonds. The average Bonchev–Trinajstić information content (AvgIpc) is 2.87. The summed E-state index contributed by atoms with van der Waals surface area (Å²) in [7, 11) is 0. The number of hydrogen-bond donors (Lipinski definition) is 3. The molecule has 24 heavy (non-hydrogen) atoms. The second-order valence-electron chi connectivity index (χ2n) is 5.92. The van der Waals surface area contributed by atoms with Gasteiger partial charge >= 0.3 is 0 Å². The Morgan fingerprint density at radius 3 is 2.08 bits per heavy atom. The van der Waals surface area contributed by atoms with Crippen molar-refractivity contribution in [2.45, 2.75) is 26.4 Å². The Kier molecular flexibility index (Phi) is 4.66. The van der Waals surface area contributed by atoms with Crippen LogP contribution in [0, 0.1) is 0 Å². The fraction of sp³-hybridized carbons (Fsp3) is 0.222. The molecule has 0 bridgehead atoms. The molecule has 5 nitrogen and oxygen atoms in total. The number of carbonyl (C=O) groups excluding carboxylic acids is 1. The molecule has 2 aromatic carbocycles. The molecule has 124 valence electrons. The number of aromatic nitrogens is 1. The maximum absolute atomic E-state index is 12.3. The summed E-state index contributed by atoms with van der Waals surface area (Å²) in [5, 5.41) is 5.71. The van der Waals surface area contributed by atoms with Gasteiger partial charge in [-0.2, -0.15) is 0 Å². The SMILES string of the molecule is CC(C)NC(=S)NNC(=O)Cn1c2ccccc2c2ccccc21. The number of hydrazine groups is 1. The quantitative estimate of drug-likeness (QED) is 0.507. The van der Waals surface area contributed by atoms with Crippen molar-refractivity contribution in [3.8, 4) is 0 Å². The number of benzene rings is 2. The summed E-state index contributed by atoms with van der Waals surface area (Å²) in [4.78, 5) is 12.3. The molecule has 0 fully saturated rings. The Morgan fingerprint density at radius 1 is 1.00 bits per heavy atom. The zero-order valence-electron chi connectivity index (χ0n) is 13.7. The van der Waals surface area contributed by atoms with Gasteiger partial charge < -0.3 is 9.88 Å².